The van der Waals surface area contributed by atoms with Crippen molar-refractivity contribution in [1.82, 2.24) is 5.32 Å². The zero-order valence-corrected chi connectivity index (χ0v) is 15.0. The molecule has 0 aromatic heterocycles. The third-order valence-corrected chi connectivity index (χ3v) is 3.67. The van der Waals surface area contributed by atoms with Gasteiger partial charge in [0.15, 0.2) is 11.5 Å². The zero-order valence-electron chi connectivity index (χ0n) is 13.4. The van der Waals surface area contributed by atoms with Gasteiger partial charge in [-0.1, -0.05) is 13.8 Å². The predicted octanol–water partition coefficient (Wildman–Crippen LogP) is 3.62. The Morgan fingerprint density at radius 2 is 1.90 bits per heavy atom. The van der Waals surface area contributed by atoms with Crippen LogP contribution in [0.5, 0.6) is 11.5 Å². The molecule has 0 radical (unpaired) electrons. The van der Waals surface area contributed by atoms with E-state index in [1.54, 1.807) is 14.2 Å². The number of rotatable bonds is 10. The molecular weight excluding hydrogens is 334 g/mol. The van der Waals surface area contributed by atoms with Crippen LogP contribution in [0.2, 0.25) is 0 Å². The summed E-state index contributed by atoms with van der Waals surface area (Å²) >= 11 is 3.50. The van der Waals surface area contributed by atoms with Gasteiger partial charge in [-0.05, 0) is 46.0 Å². The maximum absolute atomic E-state index is 5.57. The summed E-state index contributed by atoms with van der Waals surface area (Å²) < 4.78 is 17.1. The van der Waals surface area contributed by atoms with Crippen LogP contribution >= 0.6 is 15.9 Å². The average Bonchev–Trinajstić information content (AvgIpc) is 2.45. The molecule has 0 fully saturated rings. The SMILES string of the molecule is COc1cc(CNCCOCCC(C)C)cc(Br)c1OC. The maximum Gasteiger partial charge on any atom is 0.174 e. The second-order valence-electron chi connectivity index (χ2n) is 5.28. The minimum Gasteiger partial charge on any atom is -0.493 e. The van der Waals surface area contributed by atoms with Crippen molar-refractivity contribution in [2.24, 2.45) is 5.92 Å². The van der Waals surface area contributed by atoms with Crippen LogP contribution in [0, 0.1) is 5.92 Å². The summed E-state index contributed by atoms with van der Waals surface area (Å²) in [6.07, 6.45) is 1.11. The smallest absolute Gasteiger partial charge is 0.174 e. The Morgan fingerprint density at radius 3 is 2.52 bits per heavy atom. The first kappa shape index (κ1) is 18.3. The van der Waals surface area contributed by atoms with Crippen LogP contribution in [-0.4, -0.2) is 34.0 Å². The summed E-state index contributed by atoms with van der Waals surface area (Å²) in [6, 6.07) is 4.02. The van der Waals surface area contributed by atoms with E-state index in [1.807, 2.05) is 12.1 Å². The largest absolute Gasteiger partial charge is 0.493 e. The number of benzene rings is 1. The molecule has 0 saturated carbocycles. The lowest BCUT2D eigenvalue weighted by molar-refractivity contribution is 0.125. The number of hydrogen-bond donors (Lipinski definition) is 1. The van der Waals surface area contributed by atoms with E-state index in [0.717, 1.165) is 54.3 Å². The van der Waals surface area contributed by atoms with E-state index < -0.39 is 0 Å². The van der Waals surface area contributed by atoms with Crippen molar-refractivity contribution in [3.8, 4) is 11.5 Å². The fourth-order valence-electron chi connectivity index (χ4n) is 1.87. The highest BCUT2D eigenvalue weighted by Gasteiger charge is 2.10. The molecule has 4 nitrogen and oxygen atoms in total. The molecule has 0 amide bonds. The number of nitrogens with one attached hydrogen (secondary N) is 1. The highest BCUT2D eigenvalue weighted by molar-refractivity contribution is 9.10. The van der Waals surface area contributed by atoms with Gasteiger partial charge in [0.05, 0.1) is 25.3 Å². The molecule has 0 aliphatic carbocycles. The first-order valence-electron chi connectivity index (χ1n) is 7.27. The lowest BCUT2D eigenvalue weighted by atomic mass is 10.1. The maximum atomic E-state index is 5.57. The Labute approximate surface area is 136 Å². The number of methoxy groups -OCH3 is 2. The first-order chi connectivity index (χ1) is 10.1. The minimum absolute atomic E-state index is 0.696. The van der Waals surface area contributed by atoms with Crippen molar-refractivity contribution in [3.05, 3.63) is 22.2 Å². The Kier molecular flexibility index (Phi) is 8.73. The fourth-order valence-corrected chi connectivity index (χ4v) is 2.52. The summed E-state index contributed by atoms with van der Waals surface area (Å²) in [5.41, 5.74) is 1.14. The predicted molar refractivity (Wildman–Crippen MR) is 89.2 cm³/mol. The summed E-state index contributed by atoms with van der Waals surface area (Å²) in [7, 11) is 3.28. The molecule has 0 bridgehead atoms. The quantitative estimate of drug-likeness (QED) is 0.647. The van der Waals surface area contributed by atoms with Gasteiger partial charge in [-0.15, -0.1) is 0 Å². The van der Waals surface area contributed by atoms with Crippen molar-refractivity contribution in [2.45, 2.75) is 26.8 Å². The molecule has 5 heteroatoms. The van der Waals surface area contributed by atoms with Gasteiger partial charge in [0.1, 0.15) is 0 Å². The van der Waals surface area contributed by atoms with Crippen molar-refractivity contribution >= 4 is 15.9 Å². The summed E-state index contributed by atoms with van der Waals surface area (Å²) in [5, 5.41) is 3.36. The normalized spacial score (nSPS) is 11.0. The molecule has 21 heavy (non-hydrogen) atoms. The average molecular weight is 360 g/mol. The van der Waals surface area contributed by atoms with Crippen LogP contribution in [0.3, 0.4) is 0 Å². The summed E-state index contributed by atoms with van der Waals surface area (Å²) in [4.78, 5) is 0. The molecule has 1 aromatic carbocycles. The van der Waals surface area contributed by atoms with Gasteiger partial charge >= 0.3 is 0 Å². The Bertz CT molecular complexity index is 424. The lowest BCUT2D eigenvalue weighted by Crippen LogP contribution is -2.19. The Balaban J connectivity index is 2.34. The highest BCUT2D eigenvalue weighted by atomic mass is 79.9. The highest BCUT2D eigenvalue weighted by Crippen LogP contribution is 2.36. The number of hydrogen-bond acceptors (Lipinski definition) is 4. The van der Waals surface area contributed by atoms with Crippen LogP contribution in [0.25, 0.3) is 0 Å². The van der Waals surface area contributed by atoms with Gasteiger partial charge in [0.25, 0.3) is 0 Å². The van der Waals surface area contributed by atoms with E-state index in [0.29, 0.717) is 5.92 Å². The fraction of sp³-hybridized carbons (Fsp3) is 0.625. The van der Waals surface area contributed by atoms with E-state index in [9.17, 15) is 0 Å². The van der Waals surface area contributed by atoms with Gasteiger partial charge in [-0.3, -0.25) is 0 Å². The molecule has 0 atom stereocenters. The minimum atomic E-state index is 0.696. The van der Waals surface area contributed by atoms with Gasteiger partial charge in [-0.25, -0.2) is 0 Å². The van der Waals surface area contributed by atoms with E-state index in [4.69, 9.17) is 14.2 Å². The zero-order chi connectivity index (χ0) is 15.7. The topological polar surface area (TPSA) is 39.7 Å². The number of ether oxygens (including phenoxy) is 3. The Morgan fingerprint density at radius 1 is 1.14 bits per heavy atom. The Hall–Kier alpha value is -0.780. The van der Waals surface area contributed by atoms with E-state index in [1.165, 1.54) is 0 Å². The second kappa shape index (κ2) is 10.0. The second-order valence-corrected chi connectivity index (χ2v) is 6.14. The molecule has 1 N–H and O–H groups in total. The molecule has 0 spiro atoms. The van der Waals surface area contributed by atoms with E-state index >= 15 is 0 Å². The molecule has 120 valence electrons. The molecule has 0 saturated heterocycles. The van der Waals surface area contributed by atoms with Crippen LogP contribution in [-0.2, 0) is 11.3 Å². The van der Waals surface area contributed by atoms with Crippen LogP contribution in [0.1, 0.15) is 25.8 Å². The van der Waals surface area contributed by atoms with Gasteiger partial charge in [0, 0.05) is 19.7 Å². The molecule has 0 heterocycles. The molecular formula is C16H26BrNO3. The van der Waals surface area contributed by atoms with Gasteiger partial charge in [0.2, 0.25) is 0 Å². The van der Waals surface area contributed by atoms with Crippen LogP contribution in [0.15, 0.2) is 16.6 Å². The van der Waals surface area contributed by atoms with E-state index in [-0.39, 0.29) is 0 Å². The number of halogens is 1. The van der Waals surface area contributed by atoms with Crippen molar-refractivity contribution in [1.29, 1.82) is 0 Å². The van der Waals surface area contributed by atoms with Crippen LogP contribution in [0.4, 0.5) is 0 Å². The van der Waals surface area contributed by atoms with Gasteiger partial charge in [-0.2, -0.15) is 0 Å². The van der Waals surface area contributed by atoms with Gasteiger partial charge < -0.3 is 19.5 Å². The van der Waals surface area contributed by atoms with Crippen molar-refractivity contribution < 1.29 is 14.2 Å². The summed E-state index contributed by atoms with van der Waals surface area (Å²) in [6.45, 7) is 7.59. The first-order valence-corrected chi connectivity index (χ1v) is 8.06. The molecule has 1 aromatic rings. The van der Waals surface area contributed by atoms with Crippen LogP contribution < -0.4 is 14.8 Å². The molecule has 0 unspecified atom stereocenters. The third-order valence-electron chi connectivity index (χ3n) is 3.09. The van der Waals surface area contributed by atoms with E-state index in [2.05, 4.69) is 35.1 Å². The standard InChI is InChI=1S/C16H26BrNO3/c1-12(2)5-7-21-8-6-18-11-13-9-14(17)16(20-4)15(10-13)19-3/h9-10,12,18H,5-8,11H2,1-4H3. The molecule has 0 aliphatic rings. The molecule has 0 aliphatic heterocycles. The van der Waals surface area contributed by atoms with Crippen molar-refractivity contribution in [3.63, 3.8) is 0 Å². The monoisotopic (exact) mass is 359 g/mol. The molecule has 1 rings (SSSR count). The lowest BCUT2D eigenvalue weighted by Gasteiger charge is -2.12. The third kappa shape index (κ3) is 6.68. The van der Waals surface area contributed by atoms with Crippen molar-refractivity contribution in [2.75, 3.05) is 34.0 Å². The summed E-state index contributed by atoms with van der Waals surface area (Å²) in [5.74, 6) is 2.15.